The number of fused-ring (bicyclic) bond motifs is 1. The van der Waals surface area contributed by atoms with Gasteiger partial charge in [0.25, 0.3) is 6.01 Å². The molecule has 3 N–H and O–H groups in total. The van der Waals surface area contributed by atoms with Gasteiger partial charge in [-0.3, -0.25) is 0 Å². The van der Waals surface area contributed by atoms with E-state index < -0.39 is 0 Å². The van der Waals surface area contributed by atoms with E-state index in [4.69, 9.17) is 33.4 Å². The molecule has 0 aliphatic rings. The van der Waals surface area contributed by atoms with Gasteiger partial charge in [-0.2, -0.15) is 4.98 Å². The maximum Gasteiger partial charge on any atom is 0.300 e. The monoisotopic (exact) mass is 293 g/mol. The Labute approximate surface area is 119 Å². The third-order valence-electron chi connectivity index (χ3n) is 2.61. The van der Waals surface area contributed by atoms with Crippen LogP contribution in [0.4, 0.5) is 17.4 Å². The molecule has 0 saturated heterocycles. The van der Waals surface area contributed by atoms with Crippen LogP contribution in [0.3, 0.4) is 0 Å². The quantitative estimate of drug-likeness (QED) is 0.685. The van der Waals surface area contributed by atoms with Gasteiger partial charge < -0.3 is 15.5 Å². The van der Waals surface area contributed by atoms with Gasteiger partial charge in [0.15, 0.2) is 5.58 Å². The van der Waals surface area contributed by atoms with Crippen LogP contribution in [0.5, 0.6) is 0 Å². The zero-order chi connectivity index (χ0) is 13.4. The molecule has 0 fully saturated rings. The van der Waals surface area contributed by atoms with Crippen molar-refractivity contribution >= 4 is 51.7 Å². The average Bonchev–Trinajstić information content (AvgIpc) is 2.76. The number of hydrogen-bond acceptors (Lipinski definition) is 4. The van der Waals surface area contributed by atoms with Gasteiger partial charge in [0, 0.05) is 11.8 Å². The van der Waals surface area contributed by atoms with E-state index in [0.717, 1.165) is 5.52 Å². The van der Waals surface area contributed by atoms with Crippen LogP contribution in [0, 0.1) is 0 Å². The highest BCUT2D eigenvalue weighted by molar-refractivity contribution is 6.43. The minimum atomic E-state index is 0.338. The second-order valence-corrected chi connectivity index (χ2v) is 4.76. The molecule has 19 heavy (non-hydrogen) atoms. The molecule has 0 radical (unpaired) electrons. The Kier molecular flexibility index (Phi) is 2.97. The number of anilines is 3. The largest absolute Gasteiger partial charge is 0.423 e. The van der Waals surface area contributed by atoms with Crippen LogP contribution in [0.25, 0.3) is 11.1 Å². The summed E-state index contributed by atoms with van der Waals surface area (Å²) in [4.78, 5) is 4.28. The standard InChI is InChI=1S/C13H9Cl2N3O/c14-8-2-1-3-10(12(8)15)18-13-17-9-5-4-7(16)6-11(9)19-13/h1-6H,16H2,(H,17,18). The summed E-state index contributed by atoms with van der Waals surface area (Å²) >= 11 is 12.0. The fourth-order valence-electron chi connectivity index (χ4n) is 1.71. The molecule has 0 amide bonds. The molecule has 3 rings (SSSR count). The molecule has 0 unspecified atom stereocenters. The number of nitrogens with two attached hydrogens (primary N) is 1. The molecule has 0 atom stereocenters. The van der Waals surface area contributed by atoms with E-state index in [1.54, 1.807) is 36.4 Å². The van der Waals surface area contributed by atoms with E-state index in [1.165, 1.54) is 0 Å². The lowest BCUT2D eigenvalue weighted by Gasteiger charge is -2.04. The fraction of sp³-hybridized carbons (Fsp3) is 0. The molecule has 0 spiro atoms. The Hall–Kier alpha value is -1.91. The maximum absolute atomic E-state index is 6.08. The first kappa shape index (κ1) is 12.1. The van der Waals surface area contributed by atoms with Crippen molar-refractivity contribution in [2.45, 2.75) is 0 Å². The van der Waals surface area contributed by atoms with Crippen molar-refractivity contribution in [2.24, 2.45) is 0 Å². The van der Waals surface area contributed by atoms with Crippen LogP contribution in [-0.2, 0) is 0 Å². The van der Waals surface area contributed by atoms with E-state index in [-0.39, 0.29) is 0 Å². The number of nitrogens with zero attached hydrogens (tertiary/aromatic N) is 1. The predicted octanol–water partition coefficient (Wildman–Crippen LogP) is 4.46. The van der Waals surface area contributed by atoms with E-state index in [1.807, 2.05) is 0 Å². The number of aromatic nitrogens is 1. The normalized spacial score (nSPS) is 10.8. The highest BCUT2D eigenvalue weighted by Gasteiger charge is 2.09. The minimum absolute atomic E-state index is 0.338. The van der Waals surface area contributed by atoms with Crippen molar-refractivity contribution < 1.29 is 4.42 Å². The molecule has 96 valence electrons. The van der Waals surface area contributed by atoms with Crippen LogP contribution < -0.4 is 11.1 Å². The van der Waals surface area contributed by atoms with Crippen LogP contribution in [-0.4, -0.2) is 4.98 Å². The minimum Gasteiger partial charge on any atom is -0.423 e. The van der Waals surface area contributed by atoms with Crippen LogP contribution in [0.1, 0.15) is 0 Å². The highest BCUT2D eigenvalue weighted by Crippen LogP contribution is 2.32. The summed E-state index contributed by atoms with van der Waals surface area (Å²) in [6.07, 6.45) is 0. The first-order chi connectivity index (χ1) is 9.13. The van der Waals surface area contributed by atoms with E-state index >= 15 is 0 Å². The molecule has 6 heteroatoms. The lowest BCUT2D eigenvalue weighted by atomic mass is 10.3. The maximum atomic E-state index is 6.08. The number of benzene rings is 2. The number of hydrogen-bond donors (Lipinski definition) is 2. The number of nitrogens with one attached hydrogen (secondary N) is 1. The van der Waals surface area contributed by atoms with Gasteiger partial charge >= 0.3 is 0 Å². The molecule has 0 aliphatic carbocycles. The lowest BCUT2D eigenvalue weighted by molar-refractivity contribution is 0.623. The number of halogens is 2. The number of nitrogen functional groups attached to an aromatic ring is 1. The van der Waals surface area contributed by atoms with Crippen molar-refractivity contribution in [3.63, 3.8) is 0 Å². The molecule has 1 heterocycles. The van der Waals surface area contributed by atoms with Crippen molar-refractivity contribution in [2.75, 3.05) is 11.1 Å². The van der Waals surface area contributed by atoms with Gasteiger partial charge in [-0.1, -0.05) is 29.3 Å². The van der Waals surface area contributed by atoms with Crippen LogP contribution in [0.2, 0.25) is 10.0 Å². The summed E-state index contributed by atoms with van der Waals surface area (Å²) in [5.74, 6) is 0. The van der Waals surface area contributed by atoms with Gasteiger partial charge in [-0.25, -0.2) is 0 Å². The van der Waals surface area contributed by atoms with Crippen molar-refractivity contribution in [1.29, 1.82) is 0 Å². The number of oxazole rings is 1. The Morgan fingerprint density at radius 2 is 2.00 bits per heavy atom. The van der Waals surface area contributed by atoms with Gasteiger partial charge in [0.1, 0.15) is 5.52 Å². The van der Waals surface area contributed by atoms with Crippen LogP contribution >= 0.6 is 23.2 Å². The van der Waals surface area contributed by atoms with Gasteiger partial charge in [0.05, 0.1) is 15.7 Å². The lowest BCUT2D eigenvalue weighted by Crippen LogP contribution is -1.91. The second-order valence-electron chi connectivity index (χ2n) is 3.97. The van der Waals surface area contributed by atoms with Crippen molar-refractivity contribution in [1.82, 2.24) is 4.98 Å². The Balaban J connectivity index is 1.99. The third-order valence-corrected chi connectivity index (χ3v) is 3.42. The molecule has 0 aliphatic heterocycles. The van der Waals surface area contributed by atoms with Crippen molar-refractivity contribution in [3.05, 3.63) is 46.4 Å². The Morgan fingerprint density at radius 3 is 2.84 bits per heavy atom. The summed E-state index contributed by atoms with van der Waals surface area (Å²) in [7, 11) is 0. The van der Waals surface area contributed by atoms with Crippen molar-refractivity contribution in [3.8, 4) is 0 Å². The van der Waals surface area contributed by atoms with Gasteiger partial charge in [-0.05, 0) is 24.3 Å². The molecule has 3 aromatic rings. The SMILES string of the molecule is Nc1ccc2nc(Nc3cccc(Cl)c3Cl)oc2c1. The Bertz CT molecular complexity index is 755. The number of rotatable bonds is 2. The third kappa shape index (κ3) is 2.32. The molecule has 2 aromatic carbocycles. The van der Waals surface area contributed by atoms with E-state index in [2.05, 4.69) is 10.3 Å². The summed E-state index contributed by atoms with van der Waals surface area (Å²) < 4.78 is 5.54. The fourth-order valence-corrected chi connectivity index (χ4v) is 2.06. The first-order valence-electron chi connectivity index (χ1n) is 5.50. The molecule has 0 bridgehead atoms. The Morgan fingerprint density at radius 1 is 1.16 bits per heavy atom. The zero-order valence-corrected chi connectivity index (χ0v) is 11.2. The van der Waals surface area contributed by atoms with Crippen LogP contribution in [0.15, 0.2) is 40.8 Å². The second kappa shape index (κ2) is 4.64. The summed E-state index contributed by atoms with van der Waals surface area (Å²) in [6, 6.07) is 10.9. The smallest absolute Gasteiger partial charge is 0.300 e. The van der Waals surface area contributed by atoms with Gasteiger partial charge in [0.2, 0.25) is 0 Å². The summed E-state index contributed by atoms with van der Waals surface area (Å²) in [5.41, 5.74) is 8.27. The zero-order valence-electron chi connectivity index (χ0n) is 9.65. The molecular formula is C13H9Cl2N3O. The van der Waals surface area contributed by atoms with E-state index in [0.29, 0.717) is 33.0 Å². The predicted molar refractivity (Wildman–Crippen MR) is 78.2 cm³/mol. The first-order valence-corrected chi connectivity index (χ1v) is 6.26. The summed E-state index contributed by atoms with van der Waals surface area (Å²) in [5, 5.41) is 3.87. The summed E-state index contributed by atoms with van der Waals surface area (Å²) in [6.45, 7) is 0. The molecule has 4 nitrogen and oxygen atoms in total. The highest BCUT2D eigenvalue weighted by atomic mass is 35.5. The van der Waals surface area contributed by atoms with Gasteiger partial charge in [-0.15, -0.1) is 0 Å². The average molecular weight is 294 g/mol. The molecular weight excluding hydrogens is 285 g/mol. The molecule has 1 aromatic heterocycles. The topological polar surface area (TPSA) is 64.1 Å². The van der Waals surface area contributed by atoms with E-state index in [9.17, 15) is 0 Å². The molecule has 0 saturated carbocycles.